The van der Waals surface area contributed by atoms with Gasteiger partial charge in [-0.25, -0.2) is 0 Å². The molecule has 1 aromatic heterocycles. The number of hydrogen-bond donors (Lipinski definition) is 2. The van der Waals surface area contributed by atoms with E-state index in [1.54, 1.807) is 18.2 Å². The van der Waals surface area contributed by atoms with E-state index in [-0.39, 0.29) is 10.6 Å². The average Bonchev–Trinajstić information content (AvgIpc) is 2.78. The summed E-state index contributed by atoms with van der Waals surface area (Å²) < 4.78 is 23.9. The Morgan fingerprint density at radius 2 is 1.89 bits per heavy atom. The first-order valence-corrected chi connectivity index (χ1v) is 6.41. The zero-order valence-corrected chi connectivity index (χ0v) is 9.96. The van der Waals surface area contributed by atoms with E-state index < -0.39 is 15.9 Å². The molecule has 2 rings (SSSR count). The number of sulfonamides is 1. The van der Waals surface area contributed by atoms with Gasteiger partial charge < -0.3 is 5.73 Å². The molecule has 18 heavy (non-hydrogen) atoms. The Morgan fingerprint density at radius 3 is 2.50 bits per heavy atom. The molecule has 0 atom stereocenters. The van der Waals surface area contributed by atoms with Crippen LogP contribution in [-0.4, -0.2) is 24.2 Å². The Bertz CT molecular complexity index is 663. The van der Waals surface area contributed by atoms with Crippen LogP contribution in [0.2, 0.25) is 0 Å². The molecular weight excluding hydrogens is 256 g/mol. The van der Waals surface area contributed by atoms with E-state index in [0.717, 1.165) is 4.79 Å². The van der Waals surface area contributed by atoms with Crippen molar-refractivity contribution in [1.29, 1.82) is 0 Å². The molecule has 8 heteroatoms. The van der Waals surface area contributed by atoms with Gasteiger partial charge in [0.2, 0.25) is 0 Å². The Labute approximate surface area is 103 Å². The lowest BCUT2D eigenvalue weighted by Gasteiger charge is -2.09. The molecule has 0 saturated heterocycles. The van der Waals surface area contributed by atoms with Crippen molar-refractivity contribution in [1.82, 2.24) is 9.89 Å². The molecule has 0 aliphatic heterocycles. The normalized spacial score (nSPS) is 11.1. The van der Waals surface area contributed by atoms with Crippen LogP contribution in [0.1, 0.15) is 10.5 Å². The predicted molar refractivity (Wildman–Crippen MR) is 63.7 cm³/mol. The second-order valence-electron chi connectivity index (χ2n) is 3.40. The van der Waals surface area contributed by atoms with Crippen LogP contribution in [0.4, 0.5) is 0 Å². The molecule has 0 radical (unpaired) electrons. The van der Waals surface area contributed by atoms with E-state index in [1.807, 2.05) is 0 Å². The number of nitrogens with one attached hydrogen (secondary N) is 1. The molecule has 0 bridgehead atoms. The molecule has 0 aliphatic carbocycles. The quantitative estimate of drug-likeness (QED) is 0.806. The van der Waals surface area contributed by atoms with Crippen LogP contribution in [0, 0.1) is 0 Å². The summed E-state index contributed by atoms with van der Waals surface area (Å²) in [6.45, 7) is 0. The highest BCUT2D eigenvalue weighted by molar-refractivity contribution is 7.92. The van der Waals surface area contributed by atoms with Crippen molar-refractivity contribution in [2.24, 2.45) is 5.73 Å². The van der Waals surface area contributed by atoms with Gasteiger partial charge in [-0.3, -0.25) is 4.79 Å². The van der Waals surface area contributed by atoms with E-state index in [0.29, 0.717) is 0 Å². The van der Waals surface area contributed by atoms with Gasteiger partial charge in [0.15, 0.2) is 5.69 Å². The highest BCUT2D eigenvalue weighted by atomic mass is 32.2. The monoisotopic (exact) mass is 266 g/mol. The second kappa shape index (κ2) is 4.49. The van der Waals surface area contributed by atoms with Crippen molar-refractivity contribution < 1.29 is 13.2 Å². The van der Waals surface area contributed by atoms with Gasteiger partial charge >= 0.3 is 0 Å². The molecule has 0 unspecified atom stereocenters. The number of amides is 1. The summed E-state index contributed by atoms with van der Waals surface area (Å²) in [5.41, 5.74) is 5.04. The Kier molecular flexibility index (Phi) is 3.02. The number of carbonyl (C=O) groups excluding carboxylic acids is 1. The van der Waals surface area contributed by atoms with E-state index in [1.165, 1.54) is 24.4 Å². The Hall–Kier alpha value is -2.35. The zero-order chi connectivity index (χ0) is 13.2. The van der Waals surface area contributed by atoms with Crippen molar-refractivity contribution in [3.63, 3.8) is 0 Å². The minimum atomic E-state index is -3.80. The molecule has 3 N–H and O–H groups in total. The molecule has 2 aromatic rings. The summed E-state index contributed by atoms with van der Waals surface area (Å²) in [6, 6.07) is 9.04. The van der Waals surface area contributed by atoms with Crippen molar-refractivity contribution >= 4 is 15.9 Å². The second-order valence-corrected chi connectivity index (χ2v) is 5.06. The van der Waals surface area contributed by atoms with Crippen molar-refractivity contribution in [3.05, 3.63) is 48.3 Å². The fourth-order valence-corrected chi connectivity index (χ4v) is 2.32. The van der Waals surface area contributed by atoms with Gasteiger partial charge in [0, 0.05) is 0 Å². The first kappa shape index (κ1) is 12.1. The molecule has 7 nitrogen and oxygen atoms in total. The first-order valence-electron chi connectivity index (χ1n) is 4.92. The number of hydrogen-bond acceptors (Lipinski definition) is 4. The summed E-state index contributed by atoms with van der Waals surface area (Å²) in [4.78, 5) is 14.1. The lowest BCUT2D eigenvalue weighted by atomic mass is 10.4. The predicted octanol–water partition coefficient (Wildman–Crippen LogP) is -0.0856. The molecule has 1 aromatic carbocycles. The number of nitrogens with two attached hydrogens (primary N) is 1. The van der Waals surface area contributed by atoms with Crippen LogP contribution in [0.5, 0.6) is 0 Å². The van der Waals surface area contributed by atoms with Crippen LogP contribution in [-0.2, 0) is 10.0 Å². The molecule has 1 amide bonds. The molecule has 0 saturated carbocycles. The summed E-state index contributed by atoms with van der Waals surface area (Å²) in [7, 11) is -3.80. The zero-order valence-electron chi connectivity index (χ0n) is 9.15. The highest BCUT2D eigenvalue weighted by Crippen LogP contribution is 2.08. The smallest absolute Gasteiger partial charge is 0.276 e. The van der Waals surface area contributed by atoms with Crippen LogP contribution < -0.4 is 10.6 Å². The molecule has 94 valence electrons. The third-order valence-corrected chi connectivity index (χ3v) is 3.46. The van der Waals surface area contributed by atoms with Gasteiger partial charge in [-0.1, -0.05) is 18.2 Å². The maximum Gasteiger partial charge on any atom is 0.276 e. The topological polar surface area (TPSA) is 107 Å². The van der Waals surface area contributed by atoms with Crippen LogP contribution in [0.25, 0.3) is 0 Å². The lowest BCUT2D eigenvalue weighted by molar-refractivity contribution is 0.0992. The number of benzene rings is 1. The minimum Gasteiger partial charge on any atom is -0.364 e. The van der Waals surface area contributed by atoms with Gasteiger partial charge in [0.25, 0.3) is 15.9 Å². The van der Waals surface area contributed by atoms with Gasteiger partial charge in [0.05, 0.1) is 11.1 Å². The molecule has 0 spiro atoms. The van der Waals surface area contributed by atoms with Gasteiger partial charge in [-0.2, -0.15) is 23.1 Å². The van der Waals surface area contributed by atoms with E-state index in [2.05, 4.69) is 9.93 Å². The van der Waals surface area contributed by atoms with E-state index in [4.69, 9.17) is 5.73 Å². The Balaban J connectivity index is 2.34. The van der Waals surface area contributed by atoms with E-state index in [9.17, 15) is 13.2 Å². The average molecular weight is 266 g/mol. The fraction of sp³-hybridized carbons (Fsp3) is 0. The third kappa shape index (κ3) is 2.33. The minimum absolute atomic E-state index is 0.0468. The number of carbonyl (C=O) groups is 1. The highest BCUT2D eigenvalue weighted by Gasteiger charge is 2.17. The number of rotatable bonds is 4. The molecular formula is C10H10N4O3S. The third-order valence-electron chi connectivity index (χ3n) is 2.16. The van der Waals surface area contributed by atoms with Crippen molar-refractivity contribution in [2.45, 2.75) is 4.90 Å². The molecule has 1 heterocycles. The lowest BCUT2D eigenvalue weighted by Crippen LogP contribution is -2.29. The summed E-state index contributed by atoms with van der Waals surface area (Å²) >= 11 is 0. The largest absolute Gasteiger partial charge is 0.364 e. The Morgan fingerprint density at radius 1 is 1.22 bits per heavy atom. The van der Waals surface area contributed by atoms with Gasteiger partial charge in [0.1, 0.15) is 0 Å². The van der Waals surface area contributed by atoms with Crippen LogP contribution >= 0.6 is 0 Å². The fourth-order valence-electron chi connectivity index (χ4n) is 1.33. The maximum absolute atomic E-state index is 12.0. The van der Waals surface area contributed by atoms with Crippen LogP contribution in [0.15, 0.2) is 47.5 Å². The van der Waals surface area contributed by atoms with Crippen molar-refractivity contribution in [2.75, 3.05) is 4.83 Å². The first-order chi connectivity index (χ1) is 8.50. The maximum atomic E-state index is 12.0. The number of nitrogens with zero attached hydrogens (tertiary/aromatic N) is 2. The standard InChI is InChI=1S/C10H10N4O3S/c11-10(15)9-6-7-12-14(9)13-18(16,17)8-4-2-1-3-5-8/h1-7,13H,(H2,11,15). The van der Waals surface area contributed by atoms with Crippen molar-refractivity contribution in [3.8, 4) is 0 Å². The number of primary amides is 1. The number of aromatic nitrogens is 2. The molecule has 0 aliphatic rings. The summed E-state index contributed by atoms with van der Waals surface area (Å²) in [5.74, 6) is -0.775. The van der Waals surface area contributed by atoms with E-state index >= 15 is 0 Å². The van der Waals surface area contributed by atoms with Gasteiger partial charge in [-0.15, -0.1) is 0 Å². The molecule has 0 fully saturated rings. The van der Waals surface area contributed by atoms with Crippen LogP contribution in [0.3, 0.4) is 0 Å². The van der Waals surface area contributed by atoms with Gasteiger partial charge in [-0.05, 0) is 18.2 Å². The SMILES string of the molecule is NC(=O)c1ccnn1NS(=O)(=O)c1ccccc1. The summed E-state index contributed by atoms with van der Waals surface area (Å²) in [5, 5.41) is 3.67. The summed E-state index contributed by atoms with van der Waals surface area (Å²) in [6.07, 6.45) is 1.27.